The second-order valence-corrected chi connectivity index (χ2v) is 4.96. The second kappa shape index (κ2) is 5.50. The van der Waals surface area contributed by atoms with E-state index in [2.05, 4.69) is 26.1 Å². The minimum Gasteiger partial charge on any atom is -0.378 e. The van der Waals surface area contributed by atoms with Gasteiger partial charge in [0.1, 0.15) is 0 Å². The maximum absolute atomic E-state index is 11.6. The van der Waals surface area contributed by atoms with E-state index >= 15 is 0 Å². The standard InChI is InChI=1S/C12H23NO2/c1-4-12(2,3)13-11(14)8-7-10-6-5-9-15-10/h10H,4-9H2,1-3H3,(H,13,14)/t10-/m1/s1. The molecule has 0 bridgehead atoms. The number of carbonyl (C=O) groups is 1. The van der Waals surface area contributed by atoms with Crippen molar-refractivity contribution in [2.24, 2.45) is 0 Å². The molecule has 1 N–H and O–H groups in total. The molecule has 1 rings (SSSR count). The topological polar surface area (TPSA) is 38.3 Å². The van der Waals surface area contributed by atoms with Crippen molar-refractivity contribution in [3.05, 3.63) is 0 Å². The number of ether oxygens (including phenoxy) is 1. The Bertz CT molecular complexity index is 208. The third-order valence-corrected chi connectivity index (χ3v) is 3.08. The van der Waals surface area contributed by atoms with Crippen LogP contribution in [0.5, 0.6) is 0 Å². The number of carbonyl (C=O) groups excluding carboxylic acids is 1. The molecule has 1 fully saturated rings. The van der Waals surface area contributed by atoms with E-state index in [9.17, 15) is 4.79 Å². The van der Waals surface area contributed by atoms with Crippen LogP contribution in [0.2, 0.25) is 0 Å². The fourth-order valence-electron chi connectivity index (χ4n) is 1.69. The molecule has 0 aliphatic carbocycles. The quantitative estimate of drug-likeness (QED) is 0.760. The van der Waals surface area contributed by atoms with Crippen molar-refractivity contribution in [3.8, 4) is 0 Å². The van der Waals surface area contributed by atoms with Crippen molar-refractivity contribution in [1.82, 2.24) is 5.32 Å². The van der Waals surface area contributed by atoms with Crippen LogP contribution in [0.25, 0.3) is 0 Å². The van der Waals surface area contributed by atoms with Gasteiger partial charge >= 0.3 is 0 Å². The van der Waals surface area contributed by atoms with Crippen molar-refractivity contribution in [1.29, 1.82) is 0 Å². The highest BCUT2D eigenvalue weighted by Gasteiger charge is 2.20. The first kappa shape index (κ1) is 12.5. The summed E-state index contributed by atoms with van der Waals surface area (Å²) in [5.74, 6) is 0.150. The number of amides is 1. The van der Waals surface area contributed by atoms with E-state index in [1.807, 2.05) is 0 Å². The zero-order valence-corrected chi connectivity index (χ0v) is 10.1. The third kappa shape index (κ3) is 4.65. The molecule has 0 radical (unpaired) electrons. The number of nitrogens with one attached hydrogen (secondary N) is 1. The van der Waals surface area contributed by atoms with Gasteiger partial charge in [-0.25, -0.2) is 0 Å². The van der Waals surface area contributed by atoms with Gasteiger partial charge in [-0.2, -0.15) is 0 Å². The Kier molecular flexibility index (Phi) is 4.58. The van der Waals surface area contributed by atoms with Gasteiger partial charge in [-0.3, -0.25) is 4.79 Å². The molecule has 1 atom stereocenters. The highest BCUT2D eigenvalue weighted by molar-refractivity contribution is 5.76. The molecule has 1 saturated heterocycles. The van der Waals surface area contributed by atoms with Gasteiger partial charge in [0.15, 0.2) is 0 Å². The van der Waals surface area contributed by atoms with Crippen LogP contribution >= 0.6 is 0 Å². The van der Waals surface area contributed by atoms with Gasteiger partial charge in [0.25, 0.3) is 0 Å². The van der Waals surface area contributed by atoms with Crippen molar-refractivity contribution in [3.63, 3.8) is 0 Å². The molecule has 15 heavy (non-hydrogen) atoms. The van der Waals surface area contributed by atoms with Gasteiger partial charge in [0.2, 0.25) is 5.91 Å². The van der Waals surface area contributed by atoms with Crippen LogP contribution in [-0.2, 0) is 9.53 Å². The molecular formula is C12H23NO2. The Morgan fingerprint density at radius 3 is 2.80 bits per heavy atom. The first-order valence-electron chi connectivity index (χ1n) is 5.96. The minimum atomic E-state index is -0.0758. The van der Waals surface area contributed by atoms with E-state index in [-0.39, 0.29) is 11.4 Å². The van der Waals surface area contributed by atoms with Crippen LogP contribution in [0.3, 0.4) is 0 Å². The van der Waals surface area contributed by atoms with Crippen LogP contribution < -0.4 is 5.32 Å². The molecule has 0 aromatic rings. The summed E-state index contributed by atoms with van der Waals surface area (Å²) in [5, 5.41) is 3.04. The minimum absolute atomic E-state index is 0.0758. The summed E-state index contributed by atoms with van der Waals surface area (Å²) in [6.07, 6.45) is 5.00. The lowest BCUT2D eigenvalue weighted by molar-refractivity contribution is -0.123. The monoisotopic (exact) mass is 213 g/mol. The predicted octanol–water partition coefficient (Wildman–Crippen LogP) is 2.25. The van der Waals surface area contributed by atoms with Crippen LogP contribution in [0, 0.1) is 0 Å². The fraction of sp³-hybridized carbons (Fsp3) is 0.917. The Morgan fingerprint density at radius 2 is 2.27 bits per heavy atom. The van der Waals surface area contributed by atoms with E-state index in [0.29, 0.717) is 12.5 Å². The molecule has 88 valence electrons. The summed E-state index contributed by atoms with van der Waals surface area (Å²) in [5.41, 5.74) is -0.0758. The maximum Gasteiger partial charge on any atom is 0.220 e. The summed E-state index contributed by atoms with van der Waals surface area (Å²) in [4.78, 5) is 11.6. The molecule has 1 aliphatic heterocycles. The molecule has 1 amide bonds. The first-order valence-corrected chi connectivity index (χ1v) is 5.96. The van der Waals surface area contributed by atoms with Gasteiger partial charge in [-0.15, -0.1) is 0 Å². The molecule has 1 heterocycles. The molecule has 0 aromatic heterocycles. The van der Waals surface area contributed by atoms with E-state index in [0.717, 1.165) is 32.3 Å². The number of hydrogen-bond acceptors (Lipinski definition) is 2. The van der Waals surface area contributed by atoms with Gasteiger partial charge in [-0.05, 0) is 39.5 Å². The van der Waals surface area contributed by atoms with Crippen molar-refractivity contribution in [2.75, 3.05) is 6.61 Å². The summed E-state index contributed by atoms with van der Waals surface area (Å²) in [6, 6.07) is 0. The lowest BCUT2D eigenvalue weighted by Gasteiger charge is -2.24. The summed E-state index contributed by atoms with van der Waals surface area (Å²) < 4.78 is 5.48. The van der Waals surface area contributed by atoms with Crippen LogP contribution in [0.1, 0.15) is 52.9 Å². The number of rotatable bonds is 5. The van der Waals surface area contributed by atoms with Gasteiger partial charge in [-0.1, -0.05) is 6.92 Å². The average molecular weight is 213 g/mol. The lowest BCUT2D eigenvalue weighted by atomic mass is 10.0. The molecule has 3 heteroatoms. The molecule has 0 aromatic carbocycles. The third-order valence-electron chi connectivity index (χ3n) is 3.08. The van der Waals surface area contributed by atoms with Crippen molar-refractivity contribution in [2.45, 2.75) is 64.5 Å². The predicted molar refractivity (Wildman–Crippen MR) is 60.7 cm³/mol. The average Bonchev–Trinajstić information content (AvgIpc) is 2.66. The van der Waals surface area contributed by atoms with Crippen molar-refractivity contribution < 1.29 is 9.53 Å². The van der Waals surface area contributed by atoms with Gasteiger partial charge in [0, 0.05) is 18.6 Å². The Balaban J connectivity index is 2.18. The smallest absolute Gasteiger partial charge is 0.220 e. The molecule has 3 nitrogen and oxygen atoms in total. The summed E-state index contributed by atoms with van der Waals surface area (Å²) in [7, 11) is 0. The van der Waals surface area contributed by atoms with E-state index < -0.39 is 0 Å². The largest absolute Gasteiger partial charge is 0.378 e. The first-order chi connectivity index (χ1) is 7.03. The van der Waals surface area contributed by atoms with Crippen molar-refractivity contribution >= 4 is 5.91 Å². The molecule has 0 spiro atoms. The van der Waals surface area contributed by atoms with E-state index in [1.54, 1.807) is 0 Å². The number of hydrogen-bond donors (Lipinski definition) is 1. The van der Waals surface area contributed by atoms with Crippen LogP contribution in [-0.4, -0.2) is 24.2 Å². The van der Waals surface area contributed by atoms with Gasteiger partial charge in [0.05, 0.1) is 6.10 Å². The summed E-state index contributed by atoms with van der Waals surface area (Å²) in [6.45, 7) is 7.06. The SMILES string of the molecule is CCC(C)(C)NC(=O)CC[C@H]1CCCO1. The Labute approximate surface area is 92.6 Å². The van der Waals surface area contributed by atoms with E-state index in [4.69, 9.17) is 4.74 Å². The van der Waals surface area contributed by atoms with E-state index in [1.165, 1.54) is 0 Å². The molecular weight excluding hydrogens is 190 g/mol. The zero-order chi connectivity index (χ0) is 11.3. The Hall–Kier alpha value is -0.570. The van der Waals surface area contributed by atoms with Crippen LogP contribution in [0.15, 0.2) is 0 Å². The second-order valence-electron chi connectivity index (χ2n) is 4.96. The molecule has 0 saturated carbocycles. The normalized spacial score (nSPS) is 21.7. The summed E-state index contributed by atoms with van der Waals surface area (Å²) >= 11 is 0. The lowest BCUT2D eigenvalue weighted by Crippen LogP contribution is -2.42. The highest BCUT2D eigenvalue weighted by Crippen LogP contribution is 2.17. The zero-order valence-electron chi connectivity index (χ0n) is 10.1. The molecule has 1 aliphatic rings. The maximum atomic E-state index is 11.6. The van der Waals surface area contributed by atoms with Crippen LogP contribution in [0.4, 0.5) is 0 Å². The molecule has 0 unspecified atom stereocenters. The van der Waals surface area contributed by atoms with Gasteiger partial charge < -0.3 is 10.1 Å². The highest BCUT2D eigenvalue weighted by atomic mass is 16.5. The Morgan fingerprint density at radius 1 is 1.53 bits per heavy atom. The fourth-order valence-corrected chi connectivity index (χ4v) is 1.69.